The lowest BCUT2D eigenvalue weighted by molar-refractivity contribution is 0.174. The smallest absolute Gasteiger partial charge is 0.114 e. The fraction of sp³-hybridized carbons (Fsp3) is 0.235. The van der Waals surface area contributed by atoms with E-state index in [0.29, 0.717) is 6.54 Å². The van der Waals surface area contributed by atoms with Crippen LogP contribution in [0.25, 0.3) is 11.0 Å². The van der Waals surface area contributed by atoms with Crippen molar-refractivity contribution in [2.75, 3.05) is 0 Å². The van der Waals surface area contributed by atoms with Gasteiger partial charge in [-0.15, -0.1) is 0 Å². The number of para-hydroxylation sites is 2. The van der Waals surface area contributed by atoms with Crippen LogP contribution in [0.5, 0.6) is 0 Å². The molecule has 0 radical (unpaired) electrons. The van der Waals surface area contributed by atoms with Gasteiger partial charge in [-0.25, -0.2) is 4.98 Å². The molecule has 4 heteroatoms. The Balaban J connectivity index is 2.02. The van der Waals surface area contributed by atoms with Crippen LogP contribution < -0.4 is 0 Å². The first-order valence-electron chi connectivity index (χ1n) is 7.00. The Hall–Kier alpha value is -1.84. The number of aromatic nitrogens is 2. The van der Waals surface area contributed by atoms with Crippen LogP contribution in [0.3, 0.4) is 0 Å². The molecule has 3 rings (SSSR count). The molecule has 1 aromatic heterocycles. The lowest BCUT2D eigenvalue weighted by Gasteiger charge is -2.11. The van der Waals surface area contributed by atoms with Gasteiger partial charge in [-0.3, -0.25) is 0 Å². The lowest BCUT2D eigenvalue weighted by atomic mass is 10.1. The Morgan fingerprint density at radius 1 is 1.14 bits per heavy atom. The second-order valence-electron chi connectivity index (χ2n) is 5.28. The van der Waals surface area contributed by atoms with Gasteiger partial charge in [0.15, 0.2) is 0 Å². The molecular formula is C17H17ClN2O. The van der Waals surface area contributed by atoms with Crippen LogP contribution in [-0.4, -0.2) is 20.8 Å². The average molecular weight is 301 g/mol. The predicted octanol–water partition coefficient (Wildman–Crippen LogP) is 3.66. The molecule has 0 aliphatic carbocycles. The van der Waals surface area contributed by atoms with E-state index in [2.05, 4.69) is 4.57 Å². The minimum Gasteiger partial charge on any atom is -0.392 e. The Kier molecular flexibility index (Phi) is 3.95. The summed E-state index contributed by atoms with van der Waals surface area (Å²) in [5.74, 6) is 0.958. The minimum absolute atomic E-state index is 0.411. The molecule has 0 amide bonds. The van der Waals surface area contributed by atoms with Gasteiger partial charge in [0, 0.05) is 11.4 Å². The Morgan fingerprint density at radius 2 is 1.86 bits per heavy atom. The van der Waals surface area contributed by atoms with Crippen LogP contribution in [0.2, 0.25) is 5.02 Å². The molecule has 0 aliphatic rings. The number of nitrogens with zero attached hydrogens (tertiary/aromatic N) is 2. The average Bonchev–Trinajstić information content (AvgIpc) is 2.79. The minimum atomic E-state index is -0.411. The van der Waals surface area contributed by atoms with Crippen LogP contribution >= 0.6 is 11.6 Å². The standard InChI is InChI=1S/C17H17ClN2O/c1-12(21)11-20-16-5-3-2-4-15(16)19-17(20)10-13-6-8-14(18)9-7-13/h2-9,12,21H,10-11H2,1H3. The van der Waals surface area contributed by atoms with Gasteiger partial charge in [-0.2, -0.15) is 0 Å². The molecule has 0 saturated heterocycles. The second-order valence-corrected chi connectivity index (χ2v) is 5.72. The van der Waals surface area contributed by atoms with Gasteiger partial charge in [0.05, 0.1) is 23.7 Å². The van der Waals surface area contributed by atoms with Gasteiger partial charge in [-0.1, -0.05) is 35.9 Å². The third-order valence-corrected chi connectivity index (χ3v) is 3.71. The number of imidazole rings is 1. The van der Waals surface area contributed by atoms with Crippen molar-refractivity contribution < 1.29 is 5.11 Å². The summed E-state index contributed by atoms with van der Waals surface area (Å²) < 4.78 is 2.09. The Bertz CT molecular complexity index is 747. The summed E-state index contributed by atoms with van der Waals surface area (Å²) in [5.41, 5.74) is 3.17. The quantitative estimate of drug-likeness (QED) is 0.798. The molecule has 108 valence electrons. The molecule has 1 atom stereocenters. The van der Waals surface area contributed by atoms with Crippen molar-refractivity contribution in [2.45, 2.75) is 26.0 Å². The zero-order valence-electron chi connectivity index (χ0n) is 11.8. The van der Waals surface area contributed by atoms with Gasteiger partial charge in [0.2, 0.25) is 0 Å². The van der Waals surface area contributed by atoms with E-state index in [1.54, 1.807) is 6.92 Å². The fourth-order valence-corrected chi connectivity index (χ4v) is 2.64. The second kappa shape index (κ2) is 5.88. The fourth-order valence-electron chi connectivity index (χ4n) is 2.51. The summed E-state index contributed by atoms with van der Waals surface area (Å²) in [7, 11) is 0. The van der Waals surface area contributed by atoms with Crippen molar-refractivity contribution in [3.05, 3.63) is 64.9 Å². The summed E-state index contributed by atoms with van der Waals surface area (Å²) in [6.07, 6.45) is 0.310. The lowest BCUT2D eigenvalue weighted by Crippen LogP contribution is -2.14. The largest absolute Gasteiger partial charge is 0.392 e. The molecule has 0 bridgehead atoms. The van der Waals surface area contributed by atoms with E-state index >= 15 is 0 Å². The SMILES string of the molecule is CC(O)Cn1c(Cc2ccc(Cl)cc2)nc2ccccc21. The zero-order chi connectivity index (χ0) is 14.8. The molecule has 2 aromatic carbocycles. The topological polar surface area (TPSA) is 38.0 Å². The summed E-state index contributed by atoms with van der Waals surface area (Å²) in [6.45, 7) is 2.34. The van der Waals surface area contributed by atoms with Gasteiger partial charge in [0.1, 0.15) is 5.82 Å². The predicted molar refractivity (Wildman–Crippen MR) is 85.7 cm³/mol. The number of aliphatic hydroxyl groups excluding tert-OH is 1. The molecule has 0 saturated carbocycles. The summed E-state index contributed by atoms with van der Waals surface area (Å²) in [6, 6.07) is 15.8. The molecule has 0 fully saturated rings. The van der Waals surface area contributed by atoms with Crippen LogP contribution in [0.15, 0.2) is 48.5 Å². The highest BCUT2D eigenvalue weighted by atomic mass is 35.5. The number of hydrogen-bond donors (Lipinski definition) is 1. The van der Waals surface area contributed by atoms with Gasteiger partial charge in [-0.05, 0) is 36.8 Å². The number of hydrogen-bond acceptors (Lipinski definition) is 2. The molecule has 21 heavy (non-hydrogen) atoms. The van der Waals surface area contributed by atoms with Crippen molar-refractivity contribution in [1.82, 2.24) is 9.55 Å². The summed E-state index contributed by atoms with van der Waals surface area (Å²) in [5, 5.41) is 10.5. The van der Waals surface area contributed by atoms with E-state index in [1.165, 1.54) is 0 Å². The zero-order valence-corrected chi connectivity index (χ0v) is 12.6. The molecule has 1 N–H and O–H groups in total. The van der Waals surface area contributed by atoms with Crippen molar-refractivity contribution >= 4 is 22.6 Å². The highest BCUT2D eigenvalue weighted by molar-refractivity contribution is 6.30. The Labute approximate surface area is 128 Å². The third-order valence-electron chi connectivity index (χ3n) is 3.46. The maximum atomic E-state index is 9.74. The van der Waals surface area contributed by atoms with E-state index in [0.717, 1.165) is 33.9 Å². The van der Waals surface area contributed by atoms with Crippen LogP contribution in [-0.2, 0) is 13.0 Å². The van der Waals surface area contributed by atoms with Crippen molar-refractivity contribution in [1.29, 1.82) is 0 Å². The van der Waals surface area contributed by atoms with E-state index in [-0.39, 0.29) is 0 Å². The molecule has 3 nitrogen and oxygen atoms in total. The first kappa shape index (κ1) is 14.1. The number of rotatable bonds is 4. The molecule has 3 aromatic rings. The highest BCUT2D eigenvalue weighted by Gasteiger charge is 2.12. The number of aliphatic hydroxyl groups is 1. The molecule has 1 unspecified atom stereocenters. The molecule has 0 spiro atoms. The summed E-state index contributed by atoms with van der Waals surface area (Å²) >= 11 is 5.93. The van der Waals surface area contributed by atoms with E-state index in [1.807, 2.05) is 48.5 Å². The number of fused-ring (bicyclic) bond motifs is 1. The maximum Gasteiger partial charge on any atom is 0.114 e. The maximum absolute atomic E-state index is 9.74. The van der Waals surface area contributed by atoms with Gasteiger partial charge in [0.25, 0.3) is 0 Å². The van der Waals surface area contributed by atoms with E-state index in [4.69, 9.17) is 16.6 Å². The van der Waals surface area contributed by atoms with Gasteiger partial charge < -0.3 is 9.67 Å². The van der Waals surface area contributed by atoms with E-state index in [9.17, 15) is 5.11 Å². The van der Waals surface area contributed by atoms with Crippen molar-refractivity contribution in [3.63, 3.8) is 0 Å². The first-order chi connectivity index (χ1) is 10.1. The third kappa shape index (κ3) is 3.09. The first-order valence-corrected chi connectivity index (χ1v) is 7.38. The normalized spacial score (nSPS) is 12.7. The summed E-state index contributed by atoms with van der Waals surface area (Å²) in [4.78, 5) is 4.70. The van der Waals surface area contributed by atoms with Crippen molar-refractivity contribution in [2.24, 2.45) is 0 Å². The van der Waals surface area contributed by atoms with Crippen LogP contribution in [0.4, 0.5) is 0 Å². The number of halogens is 1. The van der Waals surface area contributed by atoms with E-state index < -0.39 is 6.10 Å². The molecule has 1 heterocycles. The highest BCUT2D eigenvalue weighted by Crippen LogP contribution is 2.20. The van der Waals surface area contributed by atoms with Crippen LogP contribution in [0.1, 0.15) is 18.3 Å². The van der Waals surface area contributed by atoms with Gasteiger partial charge >= 0.3 is 0 Å². The van der Waals surface area contributed by atoms with Crippen LogP contribution in [0, 0.1) is 0 Å². The number of benzene rings is 2. The molecule has 0 aliphatic heterocycles. The monoisotopic (exact) mass is 300 g/mol. The molecular weight excluding hydrogens is 284 g/mol. The van der Waals surface area contributed by atoms with Crippen molar-refractivity contribution in [3.8, 4) is 0 Å². The Morgan fingerprint density at radius 3 is 2.57 bits per heavy atom.